The van der Waals surface area contributed by atoms with Crippen LogP contribution in [0.3, 0.4) is 0 Å². The van der Waals surface area contributed by atoms with Gasteiger partial charge in [0, 0.05) is 11.1 Å². The fourth-order valence-corrected chi connectivity index (χ4v) is 3.50. The third-order valence-corrected chi connectivity index (χ3v) is 5.05. The molecule has 3 N–H and O–H groups in total. The Morgan fingerprint density at radius 2 is 1.60 bits per heavy atom. The predicted octanol–water partition coefficient (Wildman–Crippen LogP) is 3.18. The number of rotatable bonds is 7. The van der Waals surface area contributed by atoms with Crippen molar-refractivity contribution in [2.45, 2.75) is 6.92 Å². The fraction of sp³-hybridized carbons (Fsp3) is 0.0909. The summed E-state index contributed by atoms with van der Waals surface area (Å²) < 4.78 is 5.07. The van der Waals surface area contributed by atoms with Crippen molar-refractivity contribution in [2.75, 3.05) is 11.9 Å². The van der Waals surface area contributed by atoms with Gasteiger partial charge in [-0.3, -0.25) is 14.4 Å². The van der Waals surface area contributed by atoms with Gasteiger partial charge in [-0.05, 0) is 24.4 Å². The van der Waals surface area contributed by atoms with Crippen molar-refractivity contribution in [2.24, 2.45) is 5.73 Å². The number of carbonyl (C=O) groups is 4. The SMILES string of the molecule is Cc1ccc(C(=O)c2ccccc2C(=O)OCC(=O)Nc2sccc2C(N)=O)cc1. The van der Waals surface area contributed by atoms with Crippen LogP contribution in [0.15, 0.2) is 60.0 Å². The minimum Gasteiger partial charge on any atom is -0.452 e. The van der Waals surface area contributed by atoms with Gasteiger partial charge >= 0.3 is 5.97 Å². The number of ketones is 1. The van der Waals surface area contributed by atoms with E-state index in [0.717, 1.165) is 16.9 Å². The highest BCUT2D eigenvalue weighted by Gasteiger charge is 2.20. The van der Waals surface area contributed by atoms with Crippen LogP contribution in [0.2, 0.25) is 0 Å². The minimum absolute atomic E-state index is 0.0600. The number of amides is 2. The molecule has 0 aliphatic rings. The second kappa shape index (κ2) is 9.15. The van der Waals surface area contributed by atoms with E-state index in [1.165, 1.54) is 18.2 Å². The molecule has 0 spiro atoms. The molecule has 3 rings (SSSR count). The van der Waals surface area contributed by atoms with Crippen LogP contribution in [-0.4, -0.2) is 30.2 Å². The molecule has 0 radical (unpaired) electrons. The van der Waals surface area contributed by atoms with Crippen LogP contribution < -0.4 is 11.1 Å². The van der Waals surface area contributed by atoms with Gasteiger partial charge in [-0.2, -0.15) is 0 Å². The molecule has 0 unspecified atom stereocenters. The summed E-state index contributed by atoms with van der Waals surface area (Å²) in [4.78, 5) is 48.7. The number of hydrogen-bond donors (Lipinski definition) is 2. The number of carbonyl (C=O) groups excluding carboxylic acids is 4. The molecule has 0 aliphatic heterocycles. The molecule has 0 saturated carbocycles. The Labute approximate surface area is 176 Å². The zero-order chi connectivity index (χ0) is 21.7. The first-order valence-electron chi connectivity index (χ1n) is 8.91. The monoisotopic (exact) mass is 422 g/mol. The number of nitrogens with one attached hydrogen (secondary N) is 1. The lowest BCUT2D eigenvalue weighted by Gasteiger charge is -2.10. The summed E-state index contributed by atoms with van der Waals surface area (Å²) in [5.41, 5.74) is 7.10. The topological polar surface area (TPSA) is 116 Å². The van der Waals surface area contributed by atoms with Crippen LogP contribution in [-0.2, 0) is 9.53 Å². The molecule has 0 aliphatic carbocycles. The summed E-state index contributed by atoms with van der Waals surface area (Å²) in [6.45, 7) is 1.33. The Morgan fingerprint density at radius 1 is 0.933 bits per heavy atom. The molecule has 8 heteroatoms. The summed E-state index contributed by atoms with van der Waals surface area (Å²) >= 11 is 1.12. The summed E-state index contributed by atoms with van der Waals surface area (Å²) in [5, 5.41) is 4.36. The van der Waals surface area contributed by atoms with E-state index in [2.05, 4.69) is 5.32 Å². The van der Waals surface area contributed by atoms with E-state index in [9.17, 15) is 19.2 Å². The Morgan fingerprint density at radius 3 is 2.27 bits per heavy atom. The lowest BCUT2D eigenvalue weighted by molar-refractivity contribution is -0.119. The van der Waals surface area contributed by atoms with Gasteiger partial charge < -0.3 is 15.8 Å². The number of esters is 1. The van der Waals surface area contributed by atoms with Crippen molar-refractivity contribution in [1.82, 2.24) is 0 Å². The summed E-state index contributed by atoms with van der Waals surface area (Å²) in [5.74, 6) is -2.43. The van der Waals surface area contributed by atoms with E-state index in [4.69, 9.17) is 10.5 Å². The maximum absolute atomic E-state index is 12.8. The van der Waals surface area contributed by atoms with E-state index in [1.54, 1.807) is 29.6 Å². The standard InChI is InChI=1S/C22H18N2O5S/c1-13-6-8-14(9-7-13)19(26)15-4-2-3-5-16(15)22(28)29-12-18(25)24-21-17(20(23)27)10-11-30-21/h2-11H,12H2,1H3,(H2,23,27)(H,24,25). The highest BCUT2D eigenvalue weighted by atomic mass is 32.1. The zero-order valence-corrected chi connectivity index (χ0v) is 16.8. The molecule has 1 heterocycles. The van der Waals surface area contributed by atoms with Crippen molar-refractivity contribution < 1.29 is 23.9 Å². The number of nitrogens with two attached hydrogens (primary N) is 1. The van der Waals surface area contributed by atoms with Crippen molar-refractivity contribution in [3.8, 4) is 0 Å². The van der Waals surface area contributed by atoms with Gasteiger partial charge in [-0.15, -0.1) is 11.3 Å². The Bertz CT molecular complexity index is 1120. The fourth-order valence-electron chi connectivity index (χ4n) is 2.69. The first kappa shape index (κ1) is 20.9. The van der Waals surface area contributed by atoms with Gasteiger partial charge in [0.05, 0.1) is 11.1 Å². The van der Waals surface area contributed by atoms with Crippen LogP contribution in [0, 0.1) is 6.92 Å². The van der Waals surface area contributed by atoms with Crippen LogP contribution in [0.1, 0.15) is 42.2 Å². The molecule has 0 atom stereocenters. The lowest BCUT2D eigenvalue weighted by atomic mass is 9.98. The average Bonchev–Trinajstić information content (AvgIpc) is 3.20. The molecule has 30 heavy (non-hydrogen) atoms. The van der Waals surface area contributed by atoms with Gasteiger partial charge in [0.1, 0.15) is 5.00 Å². The molecular formula is C22H18N2O5S. The molecule has 2 aromatic carbocycles. The zero-order valence-electron chi connectivity index (χ0n) is 16.0. The van der Waals surface area contributed by atoms with Gasteiger partial charge in [-0.1, -0.05) is 48.0 Å². The van der Waals surface area contributed by atoms with Crippen LogP contribution in [0.4, 0.5) is 5.00 Å². The lowest BCUT2D eigenvalue weighted by Crippen LogP contribution is -2.23. The maximum Gasteiger partial charge on any atom is 0.339 e. The Balaban J connectivity index is 1.69. The molecular weight excluding hydrogens is 404 g/mol. The van der Waals surface area contributed by atoms with Crippen LogP contribution >= 0.6 is 11.3 Å². The summed E-state index contributed by atoms with van der Waals surface area (Å²) in [7, 11) is 0. The van der Waals surface area contributed by atoms with Gasteiger partial charge in [0.25, 0.3) is 11.8 Å². The number of aryl methyl sites for hydroxylation is 1. The Hall–Kier alpha value is -3.78. The number of thiophene rings is 1. The first-order chi connectivity index (χ1) is 14.4. The second-order valence-electron chi connectivity index (χ2n) is 6.39. The average molecular weight is 422 g/mol. The number of benzene rings is 2. The maximum atomic E-state index is 12.8. The van der Waals surface area contributed by atoms with E-state index in [0.29, 0.717) is 5.56 Å². The second-order valence-corrected chi connectivity index (χ2v) is 7.31. The number of primary amides is 1. The van der Waals surface area contributed by atoms with Crippen LogP contribution in [0.25, 0.3) is 0 Å². The number of anilines is 1. The third-order valence-electron chi connectivity index (χ3n) is 4.22. The molecule has 2 amide bonds. The molecule has 1 aromatic heterocycles. The third kappa shape index (κ3) is 4.79. The predicted molar refractivity (Wildman–Crippen MR) is 113 cm³/mol. The van der Waals surface area contributed by atoms with Gasteiger partial charge in [0.15, 0.2) is 12.4 Å². The van der Waals surface area contributed by atoms with E-state index >= 15 is 0 Å². The molecule has 0 bridgehead atoms. The summed E-state index contributed by atoms with van der Waals surface area (Å²) in [6.07, 6.45) is 0. The first-order valence-corrected chi connectivity index (χ1v) is 9.79. The van der Waals surface area contributed by atoms with Crippen molar-refractivity contribution >= 4 is 39.9 Å². The van der Waals surface area contributed by atoms with Crippen LogP contribution in [0.5, 0.6) is 0 Å². The highest BCUT2D eigenvalue weighted by Crippen LogP contribution is 2.22. The number of hydrogen-bond acceptors (Lipinski definition) is 6. The minimum atomic E-state index is -0.803. The van der Waals surface area contributed by atoms with Crippen molar-refractivity contribution in [3.05, 3.63) is 87.8 Å². The smallest absolute Gasteiger partial charge is 0.339 e. The summed E-state index contributed by atoms with van der Waals surface area (Å²) in [6, 6.07) is 14.7. The molecule has 152 valence electrons. The molecule has 3 aromatic rings. The van der Waals surface area contributed by atoms with Crippen molar-refractivity contribution in [3.63, 3.8) is 0 Å². The Kier molecular flexibility index (Phi) is 6.38. The van der Waals surface area contributed by atoms with E-state index < -0.39 is 24.4 Å². The number of ether oxygens (including phenoxy) is 1. The largest absolute Gasteiger partial charge is 0.452 e. The van der Waals surface area contributed by atoms with E-state index in [1.807, 2.05) is 19.1 Å². The quantitative estimate of drug-likeness (QED) is 0.448. The highest BCUT2D eigenvalue weighted by molar-refractivity contribution is 7.14. The molecule has 0 saturated heterocycles. The normalized spacial score (nSPS) is 10.3. The molecule has 7 nitrogen and oxygen atoms in total. The van der Waals surface area contributed by atoms with Crippen molar-refractivity contribution in [1.29, 1.82) is 0 Å². The van der Waals surface area contributed by atoms with E-state index in [-0.39, 0.29) is 27.5 Å². The van der Waals surface area contributed by atoms with Gasteiger partial charge in [-0.25, -0.2) is 4.79 Å². The van der Waals surface area contributed by atoms with Gasteiger partial charge in [0.2, 0.25) is 0 Å². The molecule has 0 fully saturated rings.